The molecule has 0 aliphatic carbocycles. The third kappa shape index (κ3) is 6.68. The first kappa shape index (κ1) is 26.6. The molecule has 2 amide bonds. The molecule has 2 aromatic heterocycles. The van der Waals surface area contributed by atoms with Gasteiger partial charge in [-0.3, -0.25) is 9.63 Å². The summed E-state index contributed by atoms with van der Waals surface area (Å²) in [5.41, 5.74) is 3.55. The first-order valence-electron chi connectivity index (χ1n) is 12.6. The zero-order chi connectivity index (χ0) is 27.7. The number of rotatable bonds is 7. The zero-order valence-corrected chi connectivity index (χ0v) is 21.8. The van der Waals surface area contributed by atoms with Gasteiger partial charge in [-0.25, -0.2) is 19.4 Å². The van der Waals surface area contributed by atoms with E-state index < -0.39 is 0 Å². The number of hydroxylamine groups is 2. The lowest BCUT2D eigenvalue weighted by molar-refractivity contribution is -0.0829. The molecule has 1 atom stereocenters. The van der Waals surface area contributed by atoms with Crippen LogP contribution >= 0.6 is 0 Å². The molecular weight excluding hydrogens is 510 g/mol. The average Bonchev–Trinajstić information content (AvgIpc) is 3.67. The minimum atomic E-state index is -0.335. The number of carbonyl (C=O) groups excluding carboxylic acids is 2. The zero-order valence-electron chi connectivity index (χ0n) is 21.8. The number of hydrogen-bond acceptors (Lipinski definition) is 8. The quantitative estimate of drug-likeness (QED) is 0.333. The molecule has 0 saturated carbocycles. The number of nitrogens with one attached hydrogen (secondary N) is 2. The standard InChI is InChI=1S/C29H27N7O4/c1-39-14-13-27(37)35-20-25(19-32-35)33-28-30-17-22(18-31-28)11-10-21-6-5-9-24(16-21)34-29(38)36-26(12-15-40-36)23-7-3-2-4-8-23/h2-9,16-20,26H,12-15H2,1H3,(H,34,38)(H,30,31,33)/t26-/m0/s1. The van der Waals surface area contributed by atoms with Crippen LogP contribution in [0.4, 0.5) is 22.1 Å². The number of methoxy groups -OCH3 is 1. The SMILES string of the molecule is COCCC(=O)n1cc(Nc2ncc(C#Cc3cccc(NC(=O)N4OCC[C@H]4c4ccccc4)c3)cn2)cn1. The maximum Gasteiger partial charge on any atom is 0.346 e. The van der Waals surface area contributed by atoms with Gasteiger partial charge in [0.2, 0.25) is 11.9 Å². The van der Waals surface area contributed by atoms with Crippen LogP contribution in [0.5, 0.6) is 0 Å². The number of amides is 2. The molecule has 0 spiro atoms. The van der Waals surface area contributed by atoms with Crippen LogP contribution in [0.15, 0.2) is 79.4 Å². The molecule has 0 radical (unpaired) electrons. The maximum absolute atomic E-state index is 12.9. The predicted octanol–water partition coefficient (Wildman–Crippen LogP) is 4.40. The number of ether oxygens (including phenoxy) is 1. The second kappa shape index (κ2) is 12.7. The van der Waals surface area contributed by atoms with Crippen molar-refractivity contribution < 1.29 is 19.2 Å². The predicted molar refractivity (Wildman–Crippen MR) is 148 cm³/mol. The van der Waals surface area contributed by atoms with Gasteiger partial charge in [-0.1, -0.05) is 48.2 Å². The molecule has 1 aliphatic heterocycles. The molecule has 0 bridgehead atoms. The summed E-state index contributed by atoms with van der Waals surface area (Å²) >= 11 is 0. The van der Waals surface area contributed by atoms with Crippen LogP contribution in [0.25, 0.3) is 0 Å². The van der Waals surface area contributed by atoms with Crippen LogP contribution < -0.4 is 10.6 Å². The summed E-state index contributed by atoms with van der Waals surface area (Å²) in [7, 11) is 1.54. The summed E-state index contributed by atoms with van der Waals surface area (Å²) in [6, 6.07) is 16.6. The number of aromatic nitrogens is 4. The van der Waals surface area contributed by atoms with Gasteiger partial charge in [-0.05, 0) is 23.8 Å². The van der Waals surface area contributed by atoms with E-state index in [-0.39, 0.29) is 24.4 Å². The molecule has 5 rings (SSSR count). The molecule has 1 aliphatic rings. The summed E-state index contributed by atoms with van der Waals surface area (Å²) in [6.07, 6.45) is 7.24. The molecule has 202 valence electrons. The van der Waals surface area contributed by atoms with Crippen LogP contribution in [-0.4, -0.2) is 57.1 Å². The van der Waals surface area contributed by atoms with Crippen molar-refractivity contribution in [1.29, 1.82) is 0 Å². The van der Waals surface area contributed by atoms with E-state index in [0.29, 0.717) is 41.7 Å². The Morgan fingerprint density at radius 1 is 1.02 bits per heavy atom. The number of nitrogens with zero attached hydrogens (tertiary/aromatic N) is 5. The Morgan fingerprint density at radius 2 is 1.82 bits per heavy atom. The van der Waals surface area contributed by atoms with Gasteiger partial charge >= 0.3 is 6.03 Å². The fourth-order valence-corrected chi connectivity index (χ4v) is 4.06. The van der Waals surface area contributed by atoms with E-state index in [0.717, 1.165) is 12.0 Å². The largest absolute Gasteiger partial charge is 0.384 e. The summed E-state index contributed by atoms with van der Waals surface area (Å²) in [5, 5.41) is 11.3. The van der Waals surface area contributed by atoms with Gasteiger partial charge in [0.1, 0.15) is 0 Å². The van der Waals surface area contributed by atoms with Crippen molar-refractivity contribution in [3.05, 3.63) is 96.1 Å². The number of urea groups is 1. The number of carbonyl (C=O) groups is 2. The topological polar surface area (TPSA) is 124 Å². The third-order valence-electron chi connectivity index (χ3n) is 6.02. The van der Waals surface area contributed by atoms with Crippen molar-refractivity contribution in [3.8, 4) is 11.8 Å². The van der Waals surface area contributed by atoms with Crippen molar-refractivity contribution in [2.24, 2.45) is 0 Å². The van der Waals surface area contributed by atoms with E-state index in [1.54, 1.807) is 37.8 Å². The normalized spacial score (nSPS) is 14.3. The Balaban J connectivity index is 1.19. The summed E-state index contributed by atoms with van der Waals surface area (Å²) < 4.78 is 6.17. The third-order valence-corrected chi connectivity index (χ3v) is 6.02. The van der Waals surface area contributed by atoms with Crippen LogP contribution in [-0.2, 0) is 9.57 Å². The highest BCUT2D eigenvalue weighted by Crippen LogP contribution is 2.30. The molecule has 2 aromatic carbocycles. The van der Waals surface area contributed by atoms with Crippen molar-refractivity contribution in [3.63, 3.8) is 0 Å². The highest BCUT2D eigenvalue weighted by Gasteiger charge is 2.31. The molecular formula is C29H27N7O4. The van der Waals surface area contributed by atoms with Crippen LogP contribution in [0.3, 0.4) is 0 Å². The summed E-state index contributed by atoms with van der Waals surface area (Å²) in [6.45, 7) is 0.807. The first-order valence-corrected chi connectivity index (χ1v) is 12.6. The van der Waals surface area contributed by atoms with E-state index in [2.05, 4.69) is 37.5 Å². The minimum absolute atomic E-state index is 0.138. The summed E-state index contributed by atoms with van der Waals surface area (Å²) in [4.78, 5) is 39.1. The van der Waals surface area contributed by atoms with Crippen molar-refractivity contribution >= 4 is 29.3 Å². The summed E-state index contributed by atoms with van der Waals surface area (Å²) in [5.74, 6) is 6.27. The lowest BCUT2D eigenvalue weighted by Crippen LogP contribution is -2.33. The molecule has 3 heterocycles. The van der Waals surface area contributed by atoms with Gasteiger partial charge in [0.15, 0.2) is 0 Å². The average molecular weight is 538 g/mol. The second-order valence-corrected chi connectivity index (χ2v) is 8.87. The van der Waals surface area contributed by atoms with Gasteiger partial charge in [0.05, 0.1) is 49.3 Å². The van der Waals surface area contributed by atoms with E-state index in [1.807, 2.05) is 42.5 Å². The van der Waals surface area contributed by atoms with Gasteiger partial charge in [-0.15, -0.1) is 0 Å². The molecule has 11 heteroatoms. The van der Waals surface area contributed by atoms with E-state index in [9.17, 15) is 9.59 Å². The molecule has 1 fully saturated rings. The van der Waals surface area contributed by atoms with Gasteiger partial charge in [-0.2, -0.15) is 10.2 Å². The van der Waals surface area contributed by atoms with Crippen LogP contribution in [0, 0.1) is 11.8 Å². The molecule has 0 unspecified atom stereocenters. The van der Waals surface area contributed by atoms with Crippen LogP contribution in [0.2, 0.25) is 0 Å². The Morgan fingerprint density at radius 3 is 2.62 bits per heavy atom. The highest BCUT2D eigenvalue weighted by atomic mass is 16.7. The van der Waals surface area contributed by atoms with E-state index in [4.69, 9.17) is 9.57 Å². The number of benzene rings is 2. The Kier molecular flexibility index (Phi) is 8.41. The van der Waals surface area contributed by atoms with Crippen molar-refractivity contribution in [2.45, 2.75) is 18.9 Å². The minimum Gasteiger partial charge on any atom is -0.384 e. The maximum atomic E-state index is 12.9. The number of anilines is 3. The van der Waals surface area contributed by atoms with Gasteiger partial charge in [0, 0.05) is 37.2 Å². The molecule has 1 saturated heterocycles. The molecule has 4 aromatic rings. The van der Waals surface area contributed by atoms with Gasteiger partial charge in [0.25, 0.3) is 0 Å². The lowest BCUT2D eigenvalue weighted by atomic mass is 10.1. The van der Waals surface area contributed by atoms with E-state index in [1.165, 1.54) is 15.9 Å². The van der Waals surface area contributed by atoms with Gasteiger partial charge < -0.3 is 15.4 Å². The fraction of sp³-hybridized carbons (Fsp3) is 0.207. The van der Waals surface area contributed by atoms with E-state index >= 15 is 0 Å². The molecule has 11 nitrogen and oxygen atoms in total. The Labute approximate surface area is 231 Å². The number of hydrogen-bond donors (Lipinski definition) is 2. The smallest absolute Gasteiger partial charge is 0.346 e. The lowest BCUT2D eigenvalue weighted by Gasteiger charge is -2.23. The fourth-order valence-electron chi connectivity index (χ4n) is 4.06. The Bertz CT molecular complexity index is 1530. The Hall–Kier alpha value is -5.05. The molecule has 40 heavy (non-hydrogen) atoms. The highest BCUT2D eigenvalue weighted by molar-refractivity contribution is 5.89. The first-order chi connectivity index (χ1) is 19.6. The second-order valence-electron chi connectivity index (χ2n) is 8.87. The molecule has 2 N–H and O–H groups in total. The van der Waals surface area contributed by atoms with Crippen molar-refractivity contribution in [1.82, 2.24) is 24.8 Å². The van der Waals surface area contributed by atoms with Crippen molar-refractivity contribution in [2.75, 3.05) is 31.0 Å². The monoisotopic (exact) mass is 537 g/mol. The van der Waals surface area contributed by atoms with Crippen LogP contribution in [0.1, 0.15) is 40.4 Å².